The Morgan fingerprint density at radius 3 is 2.60 bits per heavy atom. The van der Waals surface area contributed by atoms with Crippen LogP contribution in [0.4, 0.5) is 0 Å². The molecule has 0 aromatic rings. The van der Waals surface area contributed by atoms with Gasteiger partial charge < -0.3 is 0 Å². The Hall–Kier alpha value is -0.770. The van der Waals surface area contributed by atoms with Crippen molar-refractivity contribution in [2.75, 3.05) is 0 Å². The van der Waals surface area contributed by atoms with E-state index in [0.29, 0.717) is 12.3 Å². The van der Waals surface area contributed by atoms with E-state index in [-0.39, 0.29) is 5.78 Å². The van der Waals surface area contributed by atoms with Gasteiger partial charge in [0.1, 0.15) is 0 Å². The fourth-order valence-corrected chi connectivity index (χ4v) is 2.03. The molecule has 1 aliphatic carbocycles. The molecule has 0 aliphatic heterocycles. The van der Waals surface area contributed by atoms with Crippen LogP contribution >= 0.6 is 0 Å². The Morgan fingerprint density at radius 2 is 1.93 bits per heavy atom. The highest BCUT2D eigenvalue weighted by molar-refractivity contribution is 5.95. The van der Waals surface area contributed by atoms with Crippen LogP contribution in [0.15, 0.2) is 0 Å². The zero-order valence-corrected chi connectivity index (χ0v) is 9.85. The molecule has 0 atom stereocenters. The average molecular weight is 206 g/mol. The summed E-state index contributed by atoms with van der Waals surface area (Å²) in [7, 11) is 0. The van der Waals surface area contributed by atoms with Gasteiger partial charge in [0, 0.05) is 12.3 Å². The number of hydrogen-bond donors (Lipinski definition) is 0. The largest absolute Gasteiger partial charge is 0.285 e. The number of rotatable bonds is 4. The summed E-state index contributed by atoms with van der Waals surface area (Å²) in [5.41, 5.74) is 0. The van der Waals surface area contributed by atoms with Crippen molar-refractivity contribution in [1.82, 2.24) is 0 Å². The van der Waals surface area contributed by atoms with Gasteiger partial charge in [-0.3, -0.25) is 4.79 Å². The first kappa shape index (κ1) is 12.3. The third-order valence-electron chi connectivity index (χ3n) is 3.03. The molecule has 0 radical (unpaired) electrons. The SMILES string of the molecule is CCCCCC(=O)C#CC1CCCCC1. The van der Waals surface area contributed by atoms with Crippen molar-refractivity contribution in [2.45, 2.75) is 64.7 Å². The summed E-state index contributed by atoms with van der Waals surface area (Å²) in [5, 5.41) is 0. The maximum absolute atomic E-state index is 11.4. The molecule has 0 spiro atoms. The maximum atomic E-state index is 11.4. The highest BCUT2D eigenvalue weighted by Crippen LogP contribution is 2.22. The van der Waals surface area contributed by atoms with Gasteiger partial charge in [0.2, 0.25) is 5.78 Å². The van der Waals surface area contributed by atoms with E-state index in [1.54, 1.807) is 0 Å². The predicted octanol–water partition coefficient (Wildman–Crippen LogP) is 3.72. The van der Waals surface area contributed by atoms with Gasteiger partial charge >= 0.3 is 0 Å². The molecular formula is C14H22O. The van der Waals surface area contributed by atoms with Gasteiger partial charge in [0.15, 0.2) is 0 Å². The fraction of sp³-hybridized carbons (Fsp3) is 0.786. The molecule has 0 bridgehead atoms. The third-order valence-corrected chi connectivity index (χ3v) is 3.03. The minimum atomic E-state index is 0.147. The second-order valence-electron chi connectivity index (χ2n) is 4.48. The fourth-order valence-electron chi connectivity index (χ4n) is 2.03. The summed E-state index contributed by atoms with van der Waals surface area (Å²) < 4.78 is 0. The number of unbranched alkanes of at least 4 members (excludes halogenated alkanes) is 2. The lowest BCUT2D eigenvalue weighted by molar-refractivity contribution is -0.113. The molecule has 0 amide bonds. The molecule has 1 fully saturated rings. The molecule has 0 unspecified atom stereocenters. The van der Waals surface area contributed by atoms with Crippen molar-refractivity contribution in [1.29, 1.82) is 0 Å². The second kappa shape index (κ2) is 7.51. The van der Waals surface area contributed by atoms with E-state index in [9.17, 15) is 4.79 Å². The number of carbonyl (C=O) groups is 1. The van der Waals surface area contributed by atoms with E-state index in [1.807, 2.05) is 0 Å². The van der Waals surface area contributed by atoms with Crippen LogP contribution in [0, 0.1) is 17.8 Å². The van der Waals surface area contributed by atoms with E-state index >= 15 is 0 Å². The Bertz CT molecular complexity index is 238. The maximum Gasteiger partial charge on any atom is 0.205 e. The Kier molecular flexibility index (Phi) is 6.16. The number of hydrogen-bond acceptors (Lipinski definition) is 1. The molecule has 0 N–H and O–H groups in total. The van der Waals surface area contributed by atoms with E-state index < -0.39 is 0 Å². The summed E-state index contributed by atoms with van der Waals surface area (Å²) in [6.45, 7) is 2.15. The Balaban J connectivity index is 2.20. The van der Waals surface area contributed by atoms with Crippen LogP contribution in [0.1, 0.15) is 64.7 Å². The highest BCUT2D eigenvalue weighted by Gasteiger charge is 2.10. The van der Waals surface area contributed by atoms with Gasteiger partial charge in [0.25, 0.3) is 0 Å². The van der Waals surface area contributed by atoms with Crippen molar-refractivity contribution in [2.24, 2.45) is 5.92 Å². The molecule has 1 aliphatic rings. The minimum absolute atomic E-state index is 0.147. The second-order valence-corrected chi connectivity index (χ2v) is 4.48. The molecule has 84 valence electrons. The molecule has 1 rings (SSSR count). The van der Waals surface area contributed by atoms with Crippen LogP contribution in [0.3, 0.4) is 0 Å². The topological polar surface area (TPSA) is 17.1 Å². The van der Waals surface area contributed by atoms with Gasteiger partial charge in [-0.05, 0) is 25.2 Å². The van der Waals surface area contributed by atoms with Gasteiger partial charge in [-0.25, -0.2) is 0 Å². The van der Waals surface area contributed by atoms with Crippen LogP contribution in [0.25, 0.3) is 0 Å². The van der Waals surface area contributed by atoms with Crippen LogP contribution < -0.4 is 0 Å². The minimum Gasteiger partial charge on any atom is -0.285 e. The first-order valence-electron chi connectivity index (χ1n) is 6.37. The molecular weight excluding hydrogens is 184 g/mol. The van der Waals surface area contributed by atoms with E-state index in [1.165, 1.54) is 38.5 Å². The Labute approximate surface area is 93.6 Å². The first-order chi connectivity index (χ1) is 7.33. The van der Waals surface area contributed by atoms with E-state index in [0.717, 1.165) is 12.8 Å². The smallest absolute Gasteiger partial charge is 0.205 e. The summed E-state index contributed by atoms with van der Waals surface area (Å²) in [6.07, 6.45) is 10.3. The normalized spacial score (nSPS) is 16.9. The van der Waals surface area contributed by atoms with Crippen molar-refractivity contribution in [3.8, 4) is 11.8 Å². The quantitative estimate of drug-likeness (QED) is 0.389. The van der Waals surface area contributed by atoms with E-state index in [4.69, 9.17) is 0 Å². The van der Waals surface area contributed by atoms with E-state index in [2.05, 4.69) is 18.8 Å². The van der Waals surface area contributed by atoms with Gasteiger partial charge in [-0.15, -0.1) is 0 Å². The van der Waals surface area contributed by atoms with Gasteiger partial charge in [0.05, 0.1) is 0 Å². The summed E-state index contributed by atoms with van der Waals surface area (Å²) >= 11 is 0. The summed E-state index contributed by atoms with van der Waals surface area (Å²) in [6, 6.07) is 0. The number of ketones is 1. The Morgan fingerprint density at radius 1 is 1.20 bits per heavy atom. The monoisotopic (exact) mass is 206 g/mol. The lowest BCUT2D eigenvalue weighted by atomic mass is 9.90. The molecule has 0 aromatic heterocycles. The lowest BCUT2D eigenvalue weighted by Crippen LogP contribution is -2.04. The van der Waals surface area contributed by atoms with Crippen LogP contribution in [-0.2, 0) is 4.79 Å². The van der Waals surface area contributed by atoms with Crippen LogP contribution in [0.5, 0.6) is 0 Å². The summed E-state index contributed by atoms with van der Waals surface area (Å²) in [4.78, 5) is 11.4. The van der Waals surface area contributed by atoms with Crippen molar-refractivity contribution in [3.63, 3.8) is 0 Å². The van der Waals surface area contributed by atoms with Crippen LogP contribution in [0.2, 0.25) is 0 Å². The van der Waals surface area contributed by atoms with Crippen molar-refractivity contribution < 1.29 is 4.79 Å². The molecule has 1 saturated carbocycles. The molecule has 15 heavy (non-hydrogen) atoms. The van der Waals surface area contributed by atoms with Gasteiger partial charge in [-0.2, -0.15) is 0 Å². The zero-order valence-electron chi connectivity index (χ0n) is 9.85. The molecule has 0 saturated heterocycles. The number of Topliss-reactive ketones (excluding diaryl/α,β-unsaturated/α-hetero) is 1. The molecule has 0 heterocycles. The highest BCUT2D eigenvalue weighted by atomic mass is 16.1. The molecule has 1 nitrogen and oxygen atoms in total. The average Bonchev–Trinajstić information content (AvgIpc) is 2.28. The third kappa shape index (κ3) is 5.62. The van der Waals surface area contributed by atoms with Crippen molar-refractivity contribution >= 4 is 5.78 Å². The van der Waals surface area contributed by atoms with Gasteiger partial charge in [-0.1, -0.05) is 44.9 Å². The first-order valence-corrected chi connectivity index (χ1v) is 6.37. The predicted molar refractivity (Wildman–Crippen MR) is 63.5 cm³/mol. The lowest BCUT2D eigenvalue weighted by Gasteiger charge is -2.15. The number of carbonyl (C=O) groups excluding carboxylic acids is 1. The molecule has 0 aromatic carbocycles. The summed E-state index contributed by atoms with van der Waals surface area (Å²) in [5.74, 6) is 6.63. The molecule has 1 heteroatoms. The van der Waals surface area contributed by atoms with Crippen molar-refractivity contribution in [3.05, 3.63) is 0 Å². The standard InChI is InChI=1S/C14H22O/c1-2-3-5-10-14(15)12-11-13-8-6-4-7-9-13/h13H,2-10H2,1H3. The van der Waals surface area contributed by atoms with Crippen LogP contribution in [-0.4, -0.2) is 5.78 Å². The zero-order chi connectivity index (χ0) is 10.9.